The molecule has 0 aliphatic carbocycles. The van der Waals surface area contributed by atoms with E-state index in [1.54, 1.807) is 24.3 Å². The second-order valence-electron chi connectivity index (χ2n) is 6.63. The summed E-state index contributed by atoms with van der Waals surface area (Å²) in [5.74, 6) is -0.261. The monoisotopic (exact) mass is 400 g/mol. The number of hydrogen-bond donors (Lipinski definition) is 0. The fourth-order valence-corrected chi connectivity index (χ4v) is 3.28. The van der Waals surface area contributed by atoms with E-state index >= 15 is 0 Å². The van der Waals surface area contributed by atoms with Crippen LogP contribution in [0.5, 0.6) is 6.01 Å². The van der Waals surface area contributed by atoms with Gasteiger partial charge in [-0.3, -0.25) is 4.57 Å². The van der Waals surface area contributed by atoms with Crippen molar-refractivity contribution in [1.82, 2.24) is 14.5 Å². The molecule has 0 N–H and O–H groups in total. The zero-order valence-electron chi connectivity index (χ0n) is 15.0. The second-order valence-corrected chi connectivity index (χ2v) is 7.06. The number of anilines is 1. The van der Waals surface area contributed by atoms with E-state index in [2.05, 4.69) is 14.9 Å². The van der Waals surface area contributed by atoms with Crippen LogP contribution in [-0.4, -0.2) is 33.7 Å². The molecule has 28 heavy (non-hydrogen) atoms. The maximum atomic E-state index is 13.1. The number of halogens is 2. The van der Waals surface area contributed by atoms with Gasteiger partial charge in [-0.2, -0.15) is 4.98 Å². The lowest BCUT2D eigenvalue weighted by atomic mass is 10.2. The maximum Gasteiger partial charge on any atom is 0.353 e. The molecule has 1 aliphatic heterocycles. The van der Waals surface area contributed by atoms with E-state index in [0.29, 0.717) is 18.1 Å². The molecule has 2 heterocycles. The van der Waals surface area contributed by atoms with Crippen molar-refractivity contribution in [2.45, 2.75) is 19.1 Å². The van der Waals surface area contributed by atoms with Crippen molar-refractivity contribution in [3.05, 3.63) is 81.7 Å². The SMILES string of the molecule is O=c1nc(OC2CCN(c3ccc(F)cc3)C2)ncn1Cc1ccc(Cl)cc1. The van der Waals surface area contributed by atoms with E-state index in [1.165, 1.54) is 23.0 Å². The van der Waals surface area contributed by atoms with Gasteiger partial charge in [0.15, 0.2) is 0 Å². The van der Waals surface area contributed by atoms with Crippen LogP contribution in [-0.2, 0) is 6.54 Å². The predicted octanol–water partition coefficient (Wildman–Crippen LogP) is 3.14. The van der Waals surface area contributed by atoms with Crippen LogP contribution in [0.3, 0.4) is 0 Å². The summed E-state index contributed by atoms with van der Waals surface area (Å²) in [5, 5.41) is 0.641. The zero-order valence-corrected chi connectivity index (χ0v) is 15.7. The van der Waals surface area contributed by atoms with Gasteiger partial charge in [-0.1, -0.05) is 23.7 Å². The molecule has 1 aromatic heterocycles. The van der Waals surface area contributed by atoms with E-state index < -0.39 is 5.69 Å². The minimum Gasteiger partial charge on any atom is -0.458 e. The molecule has 1 unspecified atom stereocenters. The normalized spacial score (nSPS) is 16.4. The Morgan fingerprint density at radius 1 is 1.14 bits per heavy atom. The molecule has 8 heteroatoms. The molecule has 0 saturated carbocycles. The van der Waals surface area contributed by atoms with Crippen molar-refractivity contribution in [3.63, 3.8) is 0 Å². The number of hydrogen-bond acceptors (Lipinski definition) is 5. The fraction of sp³-hybridized carbons (Fsp3) is 0.250. The summed E-state index contributed by atoms with van der Waals surface area (Å²) in [5.41, 5.74) is 1.44. The third-order valence-corrected chi connectivity index (χ3v) is 4.87. The van der Waals surface area contributed by atoms with Gasteiger partial charge in [-0.05, 0) is 42.0 Å². The summed E-state index contributed by atoms with van der Waals surface area (Å²) in [7, 11) is 0. The highest BCUT2D eigenvalue weighted by Gasteiger charge is 2.25. The first-order valence-corrected chi connectivity index (χ1v) is 9.30. The van der Waals surface area contributed by atoms with Crippen molar-refractivity contribution >= 4 is 17.3 Å². The first-order chi connectivity index (χ1) is 13.6. The number of rotatable bonds is 5. The molecule has 0 radical (unpaired) electrons. The molecule has 3 aromatic rings. The topological polar surface area (TPSA) is 60.2 Å². The first-order valence-electron chi connectivity index (χ1n) is 8.92. The van der Waals surface area contributed by atoms with Crippen LogP contribution >= 0.6 is 11.6 Å². The lowest BCUT2D eigenvalue weighted by molar-refractivity contribution is 0.203. The Morgan fingerprint density at radius 3 is 2.61 bits per heavy atom. The minimum absolute atomic E-state index is 0.0725. The van der Waals surface area contributed by atoms with Crippen molar-refractivity contribution in [2.75, 3.05) is 18.0 Å². The Labute approximate surface area is 166 Å². The fourth-order valence-electron chi connectivity index (χ4n) is 3.16. The standard InChI is InChI=1S/C20H18ClFN4O2/c21-15-3-1-14(2-4-15)11-26-13-23-19(24-20(26)27)28-18-9-10-25(12-18)17-7-5-16(22)6-8-17/h1-8,13,18H,9-12H2. The first kappa shape index (κ1) is 18.4. The largest absolute Gasteiger partial charge is 0.458 e. The van der Waals surface area contributed by atoms with E-state index in [9.17, 15) is 9.18 Å². The Hall–Kier alpha value is -2.93. The molecule has 1 fully saturated rings. The third-order valence-electron chi connectivity index (χ3n) is 4.62. The Bertz CT molecular complexity index is 1010. The number of aromatic nitrogens is 3. The van der Waals surface area contributed by atoms with Gasteiger partial charge in [0.1, 0.15) is 18.2 Å². The highest BCUT2D eigenvalue weighted by molar-refractivity contribution is 6.30. The molecule has 1 aliphatic rings. The summed E-state index contributed by atoms with van der Waals surface area (Å²) in [6.07, 6.45) is 2.08. The molecule has 0 bridgehead atoms. The summed E-state index contributed by atoms with van der Waals surface area (Å²) >= 11 is 5.87. The maximum absolute atomic E-state index is 13.1. The Morgan fingerprint density at radius 2 is 1.89 bits per heavy atom. The van der Waals surface area contributed by atoms with Gasteiger partial charge < -0.3 is 9.64 Å². The van der Waals surface area contributed by atoms with Gasteiger partial charge in [-0.15, -0.1) is 4.98 Å². The van der Waals surface area contributed by atoms with Gasteiger partial charge >= 0.3 is 11.7 Å². The van der Waals surface area contributed by atoms with Crippen LogP contribution in [0.25, 0.3) is 0 Å². The van der Waals surface area contributed by atoms with Crippen LogP contribution in [0, 0.1) is 5.82 Å². The molecular weight excluding hydrogens is 383 g/mol. The molecule has 6 nitrogen and oxygen atoms in total. The summed E-state index contributed by atoms with van der Waals surface area (Å²) in [6.45, 7) is 1.77. The van der Waals surface area contributed by atoms with E-state index in [-0.39, 0.29) is 17.9 Å². The average Bonchev–Trinajstić information content (AvgIpc) is 3.15. The van der Waals surface area contributed by atoms with E-state index in [4.69, 9.17) is 16.3 Å². The third kappa shape index (κ3) is 4.31. The highest BCUT2D eigenvalue weighted by atomic mass is 35.5. The smallest absolute Gasteiger partial charge is 0.353 e. The molecule has 1 saturated heterocycles. The van der Waals surface area contributed by atoms with Crippen LogP contribution in [0.1, 0.15) is 12.0 Å². The Kier molecular flexibility index (Phi) is 5.25. The van der Waals surface area contributed by atoms with Gasteiger partial charge in [0, 0.05) is 23.7 Å². The molecular formula is C20H18ClFN4O2. The van der Waals surface area contributed by atoms with Gasteiger partial charge in [0.05, 0.1) is 13.1 Å². The summed E-state index contributed by atoms with van der Waals surface area (Å²) in [4.78, 5) is 22.5. The lowest BCUT2D eigenvalue weighted by Crippen LogP contribution is -2.28. The zero-order chi connectivity index (χ0) is 19.5. The molecule has 1 atom stereocenters. The average molecular weight is 401 g/mol. The van der Waals surface area contributed by atoms with E-state index in [0.717, 1.165) is 24.2 Å². The van der Waals surface area contributed by atoms with Crippen molar-refractivity contribution in [3.8, 4) is 6.01 Å². The molecule has 4 rings (SSSR count). The summed E-state index contributed by atoms with van der Waals surface area (Å²) in [6, 6.07) is 13.7. The predicted molar refractivity (Wildman–Crippen MR) is 104 cm³/mol. The molecule has 144 valence electrons. The number of benzene rings is 2. The van der Waals surface area contributed by atoms with Gasteiger partial charge in [-0.25, -0.2) is 9.18 Å². The lowest BCUT2D eigenvalue weighted by Gasteiger charge is -2.18. The highest BCUT2D eigenvalue weighted by Crippen LogP contribution is 2.22. The van der Waals surface area contributed by atoms with Crippen molar-refractivity contribution < 1.29 is 9.13 Å². The van der Waals surface area contributed by atoms with Gasteiger partial charge in [0.2, 0.25) is 0 Å². The molecule has 2 aromatic carbocycles. The van der Waals surface area contributed by atoms with Crippen LogP contribution < -0.4 is 15.3 Å². The summed E-state index contributed by atoms with van der Waals surface area (Å²) < 4.78 is 20.3. The van der Waals surface area contributed by atoms with Gasteiger partial charge in [0.25, 0.3) is 0 Å². The minimum atomic E-state index is -0.423. The van der Waals surface area contributed by atoms with Crippen LogP contribution in [0.4, 0.5) is 10.1 Å². The molecule has 0 amide bonds. The van der Waals surface area contributed by atoms with Crippen molar-refractivity contribution in [1.29, 1.82) is 0 Å². The molecule has 0 spiro atoms. The Balaban J connectivity index is 1.39. The second kappa shape index (κ2) is 7.98. The van der Waals surface area contributed by atoms with Crippen LogP contribution in [0.15, 0.2) is 59.7 Å². The van der Waals surface area contributed by atoms with E-state index in [1.807, 2.05) is 12.1 Å². The number of ether oxygens (including phenoxy) is 1. The van der Waals surface area contributed by atoms with Crippen LogP contribution in [0.2, 0.25) is 5.02 Å². The number of nitrogens with zero attached hydrogens (tertiary/aromatic N) is 4. The quantitative estimate of drug-likeness (QED) is 0.658. The van der Waals surface area contributed by atoms with Crippen molar-refractivity contribution in [2.24, 2.45) is 0 Å².